The van der Waals surface area contributed by atoms with Gasteiger partial charge in [-0.2, -0.15) is 4.31 Å². The fraction of sp³-hybridized carbons (Fsp3) is 0.417. The molecule has 2 aromatic carbocycles. The van der Waals surface area contributed by atoms with Crippen molar-refractivity contribution in [1.29, 1.82) is 0 Å². The fourth-order valence-corrected chi connectivity index (χ4v) is 7.04. The van der Waals surface area contributed by atoms with Crippen molar-refractivity contribution in [3.63, 3.8) is 0 Å². The number of hydrogen-bond acceptors (Lipinski definition) is 5. The molecule has 1 N–H and O–H groups in total. The maximum atomic E-state index is 13.1. The highest BCUT2D eigenvalue weighted by atomic mass is 32.2. The summed E-state index contributed by atoms with van der Waals surface area (Å²) in [6.45, 7) is 2.69. The van der Waals surface area contributed by atoms with Gasteiger partial charge in [-0.3, -0.25) is 9.59 Å². The van der Waals surface area contributed by atoms with Crippen molar-refractivity contribution in [2.24, 2.45) is 0 Å². The summed E-state index contributed by atoms with van der Waals surface area (Å²) in [5.74, 6) is -0.398. The van der Waals surface area contributed by atoms with E-state index in [1.807, 2.05) is 24.3 Å². The van der Waals surface area contributed by atoms with Gasteiger partial charge in [-0.25, -0.2) is 8.42 Å². The van der Waals surface area contributed by atoms with E-state index < -0.39 is 10.0 Å². The number of rotatable bonds is 6. The molecular formula is C24H29N3O4S2. The van der Waals surface area contributed by atoms with Crippen molar-refractivity contribution < 1.29 is 18.0 Å². The first-order valence-electron chi connectivity index (χ1n) is 11.3. The molecule has 0 aromatic heterocycles. The second kappa shape index (κ2) is 10.3. The number of carbonyl (C=O) groups excluding carboxylic acids is 2. The summed E-state index contributed by atoms with van der Waals surface area (Å²) in [6.07, 6.45) is 4.87. The van der Waals surface area contributed by atoms with Gasteiger partial charge in [-0.15, -0.1) is 11.8 Å². The number of nitrogens with zero attached hydrogens (tertiary/aromatic N) is 2. The van der Waals surface area contributed by atoms with Gasteiger partial charge in [0.05, 0.1) is 10.6 Å². The number of benzene rings is 2. The molecule has 1 aliphatic carbocycles. The van der Waals surface area contributed by atoms with E-state index in [0.717, 1.165) is 10.6 Å². The van der Waals surface area contributed by atoms with Crippen molar-refractivity contribution in [2.75, 3.05) is 31.5 Å². The van der Waals surface area contributed by atoms with Crippen LogP contribution in [0, 0.1) is 0 Å². The van der Waals surface area contributed by atoms with Crippen LogP contribution in [0.2, 0.25) is 0 Å². The van der Waals surface area contributed by atoms with Crippen LogP contribution in [0.3, 0.4) is 0 Å². The summed E-state index contributed by atoms with van der Waals surface area (Å²) in [7, 11) is -3.75. The molecule has 7 nitrogen and oxygen atoms in total. The van der Waals surface area contributed by atoms with Crippen molar-refractivity contribution >= 4 is 39.3 Å². The summed E-state index contributed by atoms with van der Waals surface area (Å²) in [5, 5.41) is 3.53. The summed E-state index contributed by atoms with van der Waals surface area (Å²) in [5.41, 5.74) is 1.03. The Morgan fingerprint density at radius 1 is 0.970 bits per heavy atom. The van der Waals surface area contributed by atoms with Gasteiger partial charge in [0.1, 0.15) is 0 Å². The molecule has 0 spiro atoms. The number of carbonyl (C=O) groups is 2. The number of amides is 2. The smallest absolute Gasteiger partial charge is 0.255 e. The first-order valence-corrected chi connectivity index (χ1v) is 13.6. The van der Waals surface area contributed by atoms with E-state index in [4.69, 9.17) is 0 Å². The molecule has 9 heteroatoms. The SMILES string of the molecule is CC(=O)N1CCN(S(=O)(=O)c2cccc(C(=O)Nc3ccccc3SC3CCCC3)c2)CC1. The lowest BCUT2D eigenvalue weighted by Gasteiger charge is -2.33. The van der Waals surface area contributed by atoms with Gasteiger partial charge >= 0.3 is 0 Å². The molecule has 2 aliphatic rings. The normalized spacial score (nSPS) is 17.8. The monoisotopic (exact) mass is 487 g/mol. The van der Waals surface area contributed by atoms with Crippen molar-refractivity contribution in [1.82, 2.24) is 9.21 Å². The Morgan fingerprint density at radius 2 is 1.67 bits per heavy atom. The number of thioether (sulfide) groups is 1. The molecule has 0 unspecified atom stereocenters. The van der Waals surface area contributed by atoms with Crippen molar-refractivity contribution in [3.05, 3.63) is 54.1 Å². The predicted octanol–water partition coefficient (Wildman–Crippen LogP) is 3.83. The lowest BCUT2D eigenvalue weighted by molar-refractivity contribution is -0.129. The van der Waals surface area contributed by atoms with E-state index in [2.05, 4.69) is 5.32 Å². The van der Waals surface area contributed by atoms with Crippen LogP contribution in [-0.4, -0.2) is 60.9 Å². The Hall–Kier alpha value is -2.36. The van der Waals surface area contributed by atoms with Crippen LogP contribution < -0.4 is 5.32 Å². The third-order valence-corrected chi connectivity index (χ3v) is 9.46. The molecule has 1 heterocycles. The van der Waals surface area contributed by atoms with E-state index in [9.17, 15) is 18.0 Å². The lowest BCUT2D eigenvalue weighted by Crippen LogP contribution is -2.49. The topological polar surface area (TPSA) is 86.8 Å². The number of sulfonamides is 1. The van der Waals surface area contributed by atoms with Crippen LogP contribution in [0.25, 0.3) is 0 Å². The quantitative estimate of drug-likeness (QED) is 0.669. The highest BCUT2D eigenvalue weighted by Crippen LogP contribution is 2.38. The van der Waals surface area contributed by atoms with Crippen LogP contribution in [0.15, 0.2) is 58.3 Å². The fourth-order valence-electron chi connectivity index (χ4n) is 4.24. The van der Waals surface area contributed by atoms with Gasteiger partial charge < -0.3 is 10.2 Å². The van der Waals surface area contributed by atoms with Gasteiger partial charge in [0.2, 0.25) is 15.9 Å². The Kier molecular flexibility index (Phi) is 7.41. The first kappa shape index (κ1) is 23.8. The van der Waals surface area contributed by atoms with Gasteiger partial charge in [0.15, 0.2) is 0 Å². The summed E-state index contributed by atoms with van der Waals surface area (Å²) < 4.78 is 27.6. The van der Waals surface area contributed by atoms with Crippen LogP contribution in [0.4, 0.5) is 5.69 Å². The third kappa shape index (κ3) is 5.59. The van der Waals surface area contributed by atoms with Gasteiger partial charge in [-0.05, 0) is 43.2 Å². The van der Waals surface area contributed by atoms with E-state index in [1.165, 1.54) is 49.0 Å². The molecule has 0 atom stereocenters. The van der Waals surface area contributed by atoms with E-state index >= 15 is 0 Å². The largest absolute Gasteiger partial charge is 0.340 e. The number of nitrogens with one attached hydrogen (secondary N) is 1. The molecule has 2 amide bonds. The standard InChI is InChI=1S/C24H29N3O4S2/c1-18(28)26-13-15-27(16-14-26)33(30,31)21-10-6-7-19(17-21)24(29)25-22-11-4-5-12-23(22)32-20-8-2-3-9-20/h4-7,10-12,17,20H,2-3,8-9,13-16H2,1H3,(H,25,29). The van der Waals surface area contributed by atoms with Crippen LogP contribution in [0.5, 0.6) is 0 Å². The van der Waals surface area contributed by atoms with Crippen LogP contribution in [0.1, 0.15) is 43.0 Å². The molecular weight excluding hydrogens is 458 g/mol. The highest BCUT2D eigenvalue weighted by molar-refractivity contribution is 8.00. The maximum Gasteiger partial charge on any atom is 0.255 e. The number of anilines is 1. The minimum atomic E-state index is -3.75. The van der Waals surface area contributed by atoms with Crippen LogP contribution >= 0.6 is 11.8 Å². The summed E-state index contributed by atoms with van der Waals surface area (Å²) in [6, 6.07) is 13.9. The first-order chi connectivity index (χ1) is 15.8. The van der Waals surface area contributed by atoms with E-state index in [-0.39, 0.29) is 29.8 Å². The van der Waals surface area contributed by atoms with Crippen LogP contribution in [-0.2, 0) is 14.8 Å². The molecule has 1 aliphatic heterocycles. The second-order valence-corrected chi connectivity index (χ2v) is 11.7. The Balaban J connectivity index is 1.48. The van der Waals surface area contributed by atoms with Gasteiger partial charge in [0.25, 0.3) is 5.91 Å². The zero-order chi connectivity index (χ0) is 23.4. The lowest BCUT2D eigenvalue weighted by atomic mass is 10.2. The average Bonchev–Trinajstić information content (AvgIpc) is 3.33. The molecule has 0 radical (unpaired) electrons. The molecule has 1 saturated carbocycles. The van der Waals surface area contributed by atoms with E-state index in [0.29, 0.717) is 23.9 Å². The van der Waals surface area contributed by atoms with E-state index in [1.54, 1.807) is 28.8 Å². The summed E-state index contributed by atoms with van der Waals surface area (Å²) >= 11 is 1.80. The molecule has 0 bridgehead atoms. The number of para-hydroxylation sites is 1. The molecule has 4 rings (SSSR count). The number of piperazine rings is 1. The number of hydrogen-bond donors (Lipinski definition) is 1. The molecule has 2 aromatic rings. The summed E-state index contributed by atoms with van der Waals surface area (Å²) in [4.78, 5) is 27.3. The third-order valence-electron chi connectivity index (χ3n) is 6.15. The molecule has 33 heavy (non-hydrogen) atoms. The van der Waals surface area contributed by atoms with Crippen molar-refractivity contribution in [2.45, 2.75) is 47.6 Å². The molecule has 1 saturated heterocycles. The zero-order valence-electron chi connectivity index (χ0n) is 18.7. The second-order valence-electron chi connectivity index (χ2n) is 8.41. The predicted molar refractivity (Wildman–Crippen MR) is 130 cm³/mol. The minimum absolute atomic E-state index is 0.0582. The Bertz CT molecular complexity index is 1120. The zero-order valence-corrected chi connectivity index (χ0v) is 20.3. The molecule has 2 fully saturated rings. The van der Waals surface area contributed by atoms with Gasteiger partial charge in [-0.1, -0.05) is 31.0 Å². The minimum Gasteiger partial charge on any atom is -0.340 e. The maximum absolute atomic E-state index is 13.1. The molecule has 176 valence electrons. The average molecular weight is 488 g/mol. The highest BCUT2D eigenvalue weighted by Gasteiger charge is 2.29. The Labute approximate surface area is 199 Å². The van der Waals surface area contributed by atoms with Crippen molar-refractivity contribution in [3.8, 4) is 0 Å². The van der Waals surface area contributed by atoms with Gasteiger partial charge in [0, 0.05) is 48.8 Å². The Morgan fingerprint density at radius 3 is 2.36 bits per heavy atom.